The lowest BCUT2D eigenvalue weighted by atomic mass is 10.0. The highest BCUT2D eigenvalue weighted by atomic mass is 32.1. The van der Waals surface area contributed by atoms with Crippen LogP contribution in [-0.2, 0) is 4.79 Å². The number of carbonyl (C=O) groups excluding carboxylic acids is 1. The number of aryl methyl sites for hydroxylation is 2. The maximum absolute atomic E-state index is 11.0. The molecule has 0 unspecified atom stereocenters. The summed E-state index contributed by atoms with van der Waals surface area (Å²) < 4.78 is 0. The van der Waals surface area contributed by atoms with Gasteiger partial charge in [-0.15, -0.1) is 11.3 Å². The first-order valence-corrected chi connectivity index (χ1v) is 6.72. The fraction of sp³-hybridized carbons (Fsp3) is 0.200. The Hall–Kier alpha value is -2.12. The van der Waals surface area contributed by atoms with E-state index in [1.807, 2.05) is 38.1 Å². The summed E-state index contributed by atoms with van der Waals surface area (Å²) in [5.41, 5.74) is 3.51. The van der Waals surface area contributed by atoms with Crippen LogP contribution in [0, 0.1) is 25.2 Å². The third-order valence-corrected chi connectivity index (χ3v) is 3.89. The molecule has 0 fully saturated rings. The zero-order chi connectivity index (χ0) is 14.0. The highest BCUT2D eigenvalue weighted by Crippen LogP contribution is 2.35. The van der Waals surface area contributed by atoms with E-state index in [9.17, 15) is 10.1 Å². The minimum Gasteiger partial charge on any atom is -0.326 e. The summed E-state index contributed by atoms with van der Waals surface area (Å²) in [4.78, 5) is 13.2. The second kappa shape index (κ2) is 5.25. The molecule has 0 spiro atoms. The number of nitrogens with one attached hydrogen (secondary N) is 1. The molecule has 0 atom stereocenters. The first kappa shape index (κ1) is 13.3. The van der Waals surface area contributed by atoms with Gasteiger partial charge in [0.2, 0.25) is 5.91 Å². The van der Waals surface area contributed by atoms with Crippen LogP contribution in [0.15, 0.2) is 24.3 Å². The zero-order valence-corrected chi connectivity index (χ0v) is 11.9. The normalized spacial score (nSPS) is 10.0. The van der Waals surface area contributed by atoms with Gasteiger partial charge in [-0.1, -0.05) is 12.1 Å². The van der Waals surface area contributed by atoms with Crippen LogP contribution in [0.4, 0.5) is 5.69 Å². The van der Waals surface area contributed by atoms with E-state index in [4.69, 9.17) is 0 Å². The molecule has 3 nitrogen and oxygen atoms in total. The van der Waals surface area contributed by atoms with Gasteiger partial charge in [0.1, 0.15) is 6.07 Å². The summed E-state index contributed by atoms with van der Waals surface area (Å²) in [7, 11) is 0. The summed E-state index contributed by atoms with van der Waals surface area (Å²) >= 11 is 1.64. The summed E-state index contributed by atoms with van der Waals surface area (Å²) in [6.07, 6.45) is 0. The summed E-state index contributed by atoms with van der Waals surface area (Å²) in [5.74, 6) is -0.0898. The van der Waals surface area contributed by atoms with Crippen LogP contribution >= 0.6 is 11.3 Å². The van der Waals surface area contributed by atoms with Gasteiger partial charge in [-0.3, -0.25) is 4.79 Å². The minimum absolute atomic E-state index is 0.0898. The largest absolute Gasteiger partial charge is 0.326 e. The fourth-order valence-electron chi connectivity index (χ4n) is 2.09. The van der Waals surface area contributed by atoms with Crippen molar-refractivity contribution in [3.63, 3.8) is 0 Å². The molecule has 0 aliphatic heterocycles. The summed E-state index contributed by atoms with van der Waals surface area (Å²) in [6, 6.07) is 9.84. The molecule has 0 aliphatic carbocycles. The van der Waals surface area contributed by atoms with Crippen LogP contribution in [0.1, 0.15) is 22.2 Å². The Morgan fingerprint density at radius 2 is 1.84 bits per heavy atom. The summed E-state index contributed by atoms with van der Waals surface area (Å²) in [5, 5.41) is 12.0. The van der Waals surface area contributed by atoms with Gasteiger partial charge in [-0.05, 0) is 31.5 Å². The molecule has 4 heteroatoms. The van der Waals surface area contributed by atoms with Gasteiger partial charge in [0, 0.05) is 27.9 Å². The minimum atomic E-state index is -0.0898. The Bertz CT molecular complexity index is 663. The van der Waals surface area contributed by atoms with Gasteiger partial charge in [0.15, 0.2) is 0 Å². The molecule has 0 saturated heterocycles. The third-order valence-electron chi connectivity index (χ3n) is 2.87. The van der Waals surface area contributed by atoms with Crippen molar-refractivity contribution in [3.8, 4) is 17.2 Å². The van der Waals surface area contributed by atoms with Crippen molar-refractivity contribution in [1.29, 1.82) is 5.26 Å². The van der Waals surface area contributed by atoms with Crippen LogP contribution in [0.25, 0.3) is 11.1 Å². The quantitative estimate of drug-likeness (QED) is 0.900. The Morgan fingerprint density at radius 1 is 1.21 bits per heavy atom. The van der Waals surface area contributed by atoms with E-state index in [1.165, 1.54) is 6.92 Å². The number of hydrogen-bond donors (Lipinski definition) is 1. The van der Waals surface area contributed by atoms with Gasteiger partial charge >= 0.3 is 0 Å². The van der Waals surface area contributed by atoms with Crippen LogP contribution in [0.2, 0.25) is 0 Å². The molecule has 0 bridgehead atoms. The van der Waals surface area contributed by atoms with Crippen molar-refractivity contribution in [1.82, 2.24) is 0 Å². The molecule has 2 rings (SSSR count). The lowest BCUT2D eigenvalue weighted by molar-refractivity contribution is -0.114. The van der Waals surface area contributed by atoms with E-state index in [-0.39, 0.29) is 5.91 Å². The van der Waals surface area contributed by atoms with Crippen molar-refractivity contribution in [2.45, 2.75) is 20.8 Å². The Labute approximate surface area is 116 Å². The third kappa shape index (κ3) is 2.67. The number of nitrogens with zero attached hydrogens (tertiary/aromatic N) is 1. The first-order valence-electron chi connectivity index (χ1n) is 5.91. The summed E-state index contributed by atoms with van der Waals surface area (Å²) in [6.45, 7) is 5.47. The average Bonchev–Trinajstić information content (AvgIpc) is 2.64. The first-order chi connectivity index (χ1) is 9.02. The molecule has 19 heavy (non-hydrogen) atoms. The Morgan fingerprint density at radius 3 is 2.37 bits per heavy atom. The topological polar surface area (TPSA) is 52.9 Å². The number of hydrogen-bond acceptors (Lipinski definition) is 3. The number of benzene rings is 1. The molecule has 1 amide bonds. The predicted molar refractivity (Wildman–Crippen MR) is 78.2 cm³/mol. The maximum Gasteiger partial charge on any atom is 0.221 e. The second-order valence-corrected chi connectivity index (χ2v) is 5.76. The van der Waals surface area contributed by atoms with E-state index in [0.29, 0.717) is 0 Å². The van der Waals surface area contributed by atoms with Gasteiger partial charge in [-0.2, -0.15) is 5.26 Å². The number of rotatable bonds is 2. The van der Waals surface area contributed by atoms with E-state index < -0.39 is 0 Å². The smallest absolute Gasteiger partial charge is 0.221 e. The maximum atomic E-state index is 11.0. The number of thiophene rings is 1. The van der Waals surface area contributed by atoms with E-state index in [2.05, 4.69) is 11.4 Å². The molecule has 0 saturated carbocycles. The lowest BCUT2D eigenvalue weighted by Crippen LogP contribution is -2.05. The highest BCUT2D eigenvalue weighted by molar-refractivity contribution is 7.12. The highest BCUT2D eigenvalue weighted by Gasteiger charge is 2.14. The molecule has 2 aromatic rings. The molecule has 96 valence electrons. The van der Waals surface area contributed by atoms with Gasteiger partial charge < -0.3 is 5.32 Å². The molecular formula is C15H14N2OS. The molecule has 1 heterocycles. The molecule has 1 N–H and O–H groups in total. The average molecular weight is 270 g/mol. The van der Waals surface area contributed by atoms with Crippen LogP contribution in [-0.4, -0.2) is 5.91 Å². The molecule has 0 radical (unpaired) electrons. The Balaban J connectivity index is 2.43. The molecular weight excluding hydrogens is 256 g/mol. The molecule has 1 aromatic carbocycles. The van der Waals surface area contributed by atoms with Crippen molar-refractivity contribution < 1.29 is 4.79 Å². The van der Waals surface area contributed by atoms with Crippen LogP contribution < -0.4 is 5.32 Å². The van der Waals surface area contributed by atoms with Gasteiger partial charge in [-0.25, -0.2) is 0 Å². The predicted octanol–water partition coefficient (Wildman–Crippen LogP) is 3.86. The molecule has 0 aliphatic rings. The van der Waals surface area contributed by atoms with Crippen molar-refractivity contribution in [2.75, 3.05) is 5.32 Å². The van der Waals surface area contributed by atoms with E-state index >= 15 is 0 Å². The van der Waals surface area contributed by atoms with Crippen LogP contribution in [0.5, 0.6) is 0 Å². The lowest BCUT2D eigenvalue weighted by Gasteiger charge is -2.05. The Kier molecular flexibility index (Phi) is 3.68. The van der Waals surface area contributed by atoms with Crippen molar-refractivity contribution >= 4 is 22.9 Å². The number of anilines is 1. The second-order valence-electron chi connectivity index (χ2n) is 4.33. The number of nitriles is 1. The van der Waals surface area contributed by atoms with E-state index in [1.54, 1.807) is 11.3 Å². The van der Waals surface area contributed by atoms with Gasteiger partial charge in [0.05, 0.1) is 5.56 Å². The SMILES string of the molecule is CC(=O)Nc1ccc(-c2c(C)sc(C)c2C#N)cc1. The van der Waals surface area contributed by atoms with Crippen molar-refractivity contribution in [2.24, 2.45) is 0 Å². The number of amides is 1. The standard InChI is InChI=1S/C15H14N2OS/c1-9-14(8-16)15(10(2)19-9)12-4-6-13(7-5-12)17-11(3)18/h4-7H,1-3H3,(H,17,18). The fourth-order valence-corrected chi connectivity index (χ4v) is 3.12. The van der Waals surface area contributed by atoms with Crippen LogP contribution in [0.3, 0.4) is 0 Å². The van der Waals surface area contributed by atoms with E-state index in [0.717, 1.165) is 32.1 Å². The molecule has 1 aromatic heterocycles. The zero-order valence-electron chi connectivity index (χ0n) is 11.1. The van der Waals surface area contributed by atoms with Gasteiger partial charge in [0.25, 0.3) is 0 Å². The monoisotopic (exact) mass is 270 g/mol. The number of carbonyl (C=O) groups is 1. The van der Waals surface area contributed by atoms with Crippen molar-refractivity contribution in [3.05, 3.63) is 39.6 Å².